The van der Waals surface area contributed by atoms with Gasteiger partial charge in [0.15, 0.2) is 0 Å². The smallest absolute Gasteiger partial charge is 0.137 e. The summed E-state index contributed by atoms with van der Waals surface area (Å²) in [6, 6.07) is 13.9. The van der Waals surface area contributed by atoms with Gasteiger partial charge in [0.25, 0.3) is 0 Å². The van der Waals surface area contributed by atoms with Gasteiger partial charge in [-0.3, -0.25) is 0 Å². The summed E-state index contributed by atoms with van der Waals surface area (Å²) in [5.41, 5.74) is 0.601. The van der Waals surface area contributed by atoms with Crippen LogP contribution in [0.25, 0.3) is 10.8 Å². The van der Waals surface area contributed by atoms with Crippen LogP contribution in [-0.2, 0) is 4.74 Å². The average Bonchev–Trinajstić information content (AvgIpc) is 3.19. The lowest BCUT2D eigenvalue weighted by Crippen LogP contribution is -2.05. The van der Waals surface area contributed by atoms with E-state index in [1.165, 1.54) is 0 Å². The lowest BCUT2D eigenvalue weighted by atomic mass is 10.0. The summed E-state index contributed by atoms with van der Waals surface area (Å²) in [4.78, 5) is 0. The molecule has 1 saturated heterocycles. The van der Waals surface area contributed by atoms with Gasteiger partial charge in [-0.05, 0) is 11.5 Å². The van der Waals surface area contributed by atoms with Crippen LogP contribution < -0.4 is 4.74 Å². The van der Waals surface area contributed by atoms with Crippen LogP contribution in [0.2, 0.25) is 0 Å². The molecule has 3 heteroatoms. The molecule has 0 aromatic heterocycles. The first kappa shape index (κ1) is 10.1. The number of nitrogens with zero attached hydrogens (tertiary/aromatic N) is 1. The number of rotatable bonds is 3. The van der Waals surface area contributed by atoms with Crippen LogP contribution in [0.3, 0.4) is 0 Å². The standard InChI is InChI=1S/C14H11NO2/c15-7-13-12-4-2-1-3-10(12)5-6-14(13)17-9-11-8-16-11/h1-6,11H,8-9H2. The third kappa shape index (κ3) is 1.95. The van der Waals surface area contributed by atoms with Crippen LogP contribution in [0.15, 0.2) is 36.4 Å². The minimum atomic E-state index is 0.202. The van der Waals surface area contributed by atoms with Crippen molar-refractivity contribution < 1.29 is 9.47 Å². The third-order valence-corrected chi connectivity index (χ3v) is 2.83. The normalized spacial score (nSPS) is 17.7. The number of benzene rings is 2. The monoisotopic (exact) mass is 225 g/mol. The van der Waals surface area contributed by atoms with Gasteiger partial charge in [0, 0.05) is 5.39 Å². The fraction of sp³-hybridized carbons (Fsp3) is 0.214. The number of hydrogen-bond donors (Lipinski definition) is 0. The van der Waals surface area contributed by atoms with Gasteiger partial charge in [-0.15, -0.1) is 0 Å². The Morgan fingerprint density at radius 2 is 2.12 bits per heavy atom. The summed E-state index contributed by atoms with van der Waals surface area (Å²) in [5, 5.41) is 11.2. The minimum Gasteiger partial charge on any atom is -0.489 e. The van der Waals surface area contributed by atoms with E-state index in [4.69, 9.17) is 9.47 Å². The molecule has 0 aliphatic carbocycles. The Hall–Kier alpha value is -2.05. The first-order valence-corrected chi connectivity index (χ1v) is 5.55. The van der Waals surface area contributed by atoms with Gasteiger partial charge >= 0.3 is 0 Å². The first-order chi connectivity index (χ1) is 8.38. The summed E-state index contributed by atoms with van der Waals surface area (Å²) < 4.78 is 10.7. The lowest BCUT2D eigenvalue weighted by Gasteiger charge is -2.08. The molecular weight excluding hydrogens is 214 g/mol. The predicted molar refractivity (Wildman–Crippen MR) is 63.9 cm³/mol. The van der Waals surface area contributed by atoms with Crippen molar-refractivity contribution in [2.75, 3.05) is 13.2 Å². The van der Waals surface area contributed by atoms with Gasteiger partial charge in [0.1, 0.15) is 30.1 Å². The van der Waals surface area contributed by atoms with Crippen molar-refractivity contribution in [3.05, 3.63) is 42.0 Å². The molecule has 1 atom stereocenters. The van der Waals surface area contributed by atoms with Crippen molar-refractivity contribution in [1.29, 1.82) is 5.26 Å². The first-order valence-electron chi connectivity index (χ1n) is 5.55. The third-order valence-electron chi connectivity index (χ3n) is 2.83. The molecule has 1 unspecified atom stereocenters. The summed E-state index contributed by atoms with van der Waals surface area (Å²) in [7, 11) is 0. The minimum absolute atomic E-state index is 0.202. The number of fused-ring (bicyclic) bond motifs is 1. The highest BCUT2D eigenvalue weighted by Crippen LogP contribution is 2.27. The van der Waals surface area contributed by atoms with Gasteiger partial charge in [-0.25, -0.2) is 0 Å². The lowest BCUT2D eigenvalue weighted by molar-refractivity contribution is 0.263. The summed E-state index contributed by atoms with van der Waals surface area (Å²) in [5.74, 6) is 0.640. The van der Waals surface area contributed by atoms with Gasteiger partial charge in [0.2, 0.25) is 0 Å². The van der Waals surface area contributed by atoms with Crippen LogP contribution in [0, 0.1) is 11.3 Å². The van der Waals surface area contributed by atoms with E-state index in [1.807, 2.05) is 36.4 Å². The maximum Gasteiger partial charge on any atom is 0.137 e. The Kier molecular flexibility index (Phi) is 2.43. The van der Waals surface area contributed by atoms with Crippen molar-refractivity contribution in [2.24, 2.45) is 0 Å². The van der Waals surface area contributed by atoms with E-state index in [0.717, 1.165) is 17.4 Å². The molecule has 2 aromatic rings. The van der Waals surface area contributed by atoms with Crippen molar-refractivity contribution in [2.45, 2.75) is 6.10 Å². The van der Waals surface area contributed by atoms with Gasteiger partial charge < -0.3 is 9.47 Å². The van der Waals surface area contributed by atoms with Crippen molar-refractivity contribution in [3.8, 4) is 11.8 Å². The van der Waals surface area contributed by atoms with Crippen LogP contribution in [0.4, 0.5) is 0 Å². The molecule has 2 aromatic carbocycles. The molecule has 1 aliphatic rings. The highest BCUT2D eigenvalue weighted by molar-refractivity contribution is 5.90. The number of hydrogen-bond acceptors (Lipinski definition) is 3. The molecule has 0 spiro atoms. The molecule has 0 radical (unpaired) electrons. The highest BCUT2D eigenvalue weighted by Gasteiger charge is 2.23. The van der Waals surface area contributed by atoms with Crippen LogP contribution in [0.5, 0.6) is 5.75 Å². The maximum absolute atomic E-state index is 9.24. The zero-order valence-corrected chi connectivity index (χ0v) is 9.22. The summed E-state index contributed by atoms with van der Waals surface area (Å²) in [6.07, 6.45) is 0.202. The van der Waals surface area contributed by atoms with Gasteiger partial charge in [-0.2, -0.15) is 5.26 Å². The summed E-state index contributed by atoms with van der Waals surface area (Å²) in [6.45, 7) is 1.28. The molecule has 0 bridgehead atoms. The number of ether oxygens (including phenoxy) is 2. The SMILES string of the molecule is N#Cc1c(OCC2CO2)ccc2ccccc12. The quantitative estimate of drug-likeness (QED) is 0.754. The molecule has 0 amide bonds. The fourth-order valence-electron chi connectivity index (χ4n) is 1.83. The Morgan fingerprint density at radius 3 is 2.88 bits per heavy atom. The van der Waals surface area contributed by atoms with E-state index in [-0.39, 0.29) is 6.10 Å². The van der Waals surface area contributed by atoms with E-state index in [1.54, 1.807) is 0 Å². The second-order valence-electron chi connectivity index (χ2n) is 4.04. The van der Waals surface area contributed by atoms with Crippen LogP contribution >= 0.6 is 0 Å². The Bertz CT molecular complexity index is 597. The second kappa shape index (κ2) is 4.08. The maximum atomic E-state index is 9.24. The molecule has 17 heavy (non-hydrogen) atoms. The van der Waals surface area contributed by atoms with E-state index < -0.39 is 0 Å². The predicted octanol–water partition coefficient (Wildman–Crippen LogP) is 2.49. The Balaban J connectivity index is 2.02. The second-order valence-corrected chi connectivity index (χ2v) is 4.04. The van der Waals surface area contributed by atoms with Crippen molar-refractivity contribution >= 4 is 10.8 Å². The molecular formula is C14H11NO2. The van der Waals surface area contributed by atoms with E-state index in [2.05, 4.69) is 6.07 Å². The molecule has 1 aliphatic heterocycles. The van der Waals surface area contributed by atoms with E-state index >= 15 is 0 Å². The highest BCUT2D eigenvalue weighted by atomic mass is 16.6. The zero-order valence-electron chi connectivity index (χ0n) is 9.22. The topological polar surface area (TPSA) is 45.5 Å². The zero-order chi connectivity index (χ0) is 11.7. The van der Waals surface area contributed by atoms with Gasteiger partial charge in [0.05, 0.1) is 6.61 Å². The van der Waals surface area contributed by atoms with E-state index in [0.29, 0.717) is 17.9 Å². The fourth-order valence-corrected chi connectivity index (χ4v) is 1.83. The van der Waals surface area contributed by atoms with Crippen LogP contribution in [0.1, 0.15) is 5.56 Å². The summed E-state index contributed by atoms with van der Waals surface area (Å²) >= 11 is 0. The molecule has 0 N–H and O–H groups in total. The Morgan fingerprint density at radius 1 is 1.29 bits per heavy atom. The van der Waals surface area contributed by atoms with Crippen LogP contribution in [-0.4, -0.2) is 19.3 Å². The van der Waals surface area contributed by atoms with Gasteiger partial charge in [-0.1, -0.05) is 30.3 Å². The largest absolute Gasteiger partial charge is 0.489 e. The molecule has 0 saturated carbocycles. The average molecular weight is 225 g/mol. The molecule has 3 nitrogen and oxygen atoms in total. The molecule has 1 heterocycles. The molecule has 3 rings (SSSR count). The van der Waals surface area contributed by atoms with Crippen molar-refractivity contribution in [1.82, 2.24) is 0 Å². The number of epoxide rings is 1. The Labute approximate surface area is 99.2 Å². The molecule has 1 fully saturated rings. The van der Waals surface area contributed by atoms with Crippen molar-refractivity contribution in [3.63, 3.8) is 0 Å². The number of nitriles is 1. The molecule has 84 valence electrons. The van der Waals surface area contributed by atoms with E-state index in [9.17, 15) is 5.26 Å².